The fourth-order valence-corrected chi connectivity index (χ4v) is 3.23. The minimum atomic E-state index is 0.704. The Morgan fingerprint density at radius 3 is 2.58 bits per heavy atom. The van der Waals surface area contributed by atoms with Gasteiger partial charge in [0, 0.05) is 45.5 Å². The van der Waals surface area contributed by atoms with E-state index in [-0.39, 0.29) is 0 Å². The molecule has 5 heteroatoms. The molecule has 0 atom stereocenters. The highest BCUT2D eigenvalue weighted by atomic mass is 15.3. The summed E-state index contributed by atoms with van der Waals surface area (Å²) in [5, 5.41) is 3.00. The normalized spacial score (nSPS) is 21.8. The van der Waals surface area contributed by atoms with Crippen molar-refractivity contribution in [3.8, 4) is 0 Å². The number of anilines is 2. The Morgan fingerprint density at radius 1 is 1.16 bits per heavy atom. The average Bonchev–Trinajstić information content (AvgIpc) is 3.02. The van der Waals surface area contributed by atoms with E-state index >= 15 is 0 Å². The molecule has 3 rings (SSSR count). The van der Waals surface area contributed by atoms with Crippen molar-refractivity contribution in [1.82, 2.24) is 14.9 Å². The van der Waals surface area contributed by atoms with Gasteiger partial charge in [0.05, 0.1) is 0 Å². The summed E-state index contributed by atoms with van der Waals surface area (Å²) in [6.07, 6.45) is 7.47. The second-order valence-electron chi connectivity index (χ2n) is 5.45. The van der Waals surface area contributed by atoms with Gasteiger partial charge in [0.1, 0.15) is 5.82 Å². The van der Waals surface area contributed by atoms with Crippen molar-refractivity contribution in [3.05, 3.63) is 12.3 Å². The molecule has 2 heterocycles. The van der Waals surface area contributed by atoms with Crippen molar-refractivity contribution in [2.45, 2.75) is 31.7 Å². The number of aromatic nitrogens is 2. The lowest BCUT2D eigenvalue weighted by Gasteiger charge is -2.38. The fraction of sp³-hybridized carbons (Fsp3) is 0.714. The highest BCUT2D eigenvalue weighted by molar-refractivity contribution is 5.42. The molecule has 19 heavy (non-hydrogen) atoms. The number of nitrogens with zero attached hydrogens (tertiary/aromatic N) is 4. The van der Waals surface area contributed by atoms with Crippen LogP contribution in [0.2, 0.25) is 0 Å². The highest BCUT2D eigenvalue weighted by Crippen LogP contribution is 2.25. The summed E-state index contributed by atoms with van der Waals surface area (Å²) in [4.78, 5) is 13.7. The van der Waals surface area contributed by atoms with Crippen molar-refractivity contribution in [2.75, 3.05) is 43.4 Å². The van der Waals surface area contributed by atoms with E-state index < -0.39 is 0 Å². The van der Waals surface area contributed by atoms with Gasteiger partial charge in [0.2, 0.25) is 5.95 Å². The maximum Gasteiger partial charge on any atom is 0.224 e. The van der Waals surface area contributed by atoms with E-state index in [1.807, 2.05) is 19.3 Å². The van der Waals surface area contributed by atoms with Crippen molar-refractivity contribution in [3.63, 3.8) is 0 Å². The Morgan fingerprint density at radius 2 is 1.89 bits per heavy atom. The summed E-state index contributed by atoms with van der Waals surface area (Å²) in [5.41, 5.74) is 0. The van der Waals surface area contributed by atoms with E-state index in [9.17, 15) is 0 Å². The number of rotatable bonds is 3. The molecule has 104 valence electrons. The largest absolute Gasteiger partial charge is 0.357 e. The van der Waals surface area contributed by atoms with E-state index in [2.05, 4.69) is 25.1 Å². The van der Waals surface area contributed by atoms with Crippen LogP contribution < -0.4 is 10.2 Å². The van der Waals surface area contributed by atoms with Gasteiger partial charge in [-0.25, -0.2) is 4.98 Å². The van der Waals surface area contributed by atoms with Gasteiger partial charge in [-0.1, -0.05) is 12.8 Å². The third kappa shape index (κ3) is 2.81. The lowest BCUT2D eigenvalue weighted by Crippen LogP contribution is -2.50. The van der Waals surface area contributed by atoms with E-state index in [0.717, 1.165) is 24.9 Å². The van der Waals surface area contributed by atoms with Gasteiger partial charge in [-0.15, -0.1) is 0 Å². The first-order chi connectivity index (χ1) is 9.36. The number of hydrogen-bond donors (Lipinski definition) is 1. The van der Waals surface area contributed by atoms with E-state index in [1.165, 1.54) is 38.8 Å². The first-order valence-electron chi connectivity index (χ1n) is 7.36. The van der Waals surface area contributed by atoms with Crippen LogP contribution in [-0.4, -0.2) is 54.1 Å². The van der Waals surface area contributed by atoms with E-state index in [0.29, 0.717) is 5.95 Å². The molecule has 0 unspecified atom stereocenters. The van der Waals surface area contributed by atoms with Crippen LogP contribution in [0, 0.1) is 0 Å². The van der Waals surface area contributed by atoms with Gasteiger partial charge in [0.25, 0.3) is 0 Å². The third-order valence-electron chi connectivity index (χ3n) is 4.34. The second-order valence-corrected chi connectivity index (χ2v) is 5.45. The summed E-state index contributed by atoms with van der Waals surface area (Å²) >= 11 is 0. The summed E-state index contributed by atoms with van der Waals surface area (Å²) in [6.45, 7) is 4.50. The highest BCUT2D eigenvalue weighted by Gasteiger charge is 2.26. The van der Waals surface area contributed by atoms with Gasteiger partial charge < -0.3 is 10.2 Å². The monoisotopic (exact) mass is 261 g/mol. The van der Waals surface area contributed by atoms with Crippen LogP contribution in [0.5, 0.6) is 0 Å². The quantitative estimate of drug-likeness (QED) is 0.895. The zero-order chi connectivity index (χ0) is 13.1. The van der Waals surface area contributed by atoms with Gasteiger partial charge >= 0.3 is 0 Å². The molecule has 1 aliphatic heterocycles. The maximum absolute atomic E-state index is 4.52. The number of nitrogens with one attached hydrogen (secondary N) is 1. The molecule has 0 spiro atoms. The van der Waals surface area contributed by atoms with Gasteiger partial charge in [-0.2, -0.15) is 4.98 Å². The SMILES string of the molecule is CNc1nccc(N2CCN(C3CCCC3)CC2)n1. The Balaban J connectivity index is 1.59. The Kier molecular flexibility index (Phi) is 3.82. The van der Waals surface area contributed by atoms with Crippen molar-refractivity contribution >= 4 is 11.8 Å². The Bertz CT molecular complexity index is 408. The topological polar surface area (TPSA) is 44.3 Å². The van der Waals surface area contributed by atoms with Crippen LogP contribution in [0.4, 0.5) is 11.8 Å². The fourth-order valence-electron chi connectivity index (χ4n) is 3.23. The minimum absolute atomic E-state index is 0.704. The van der Waals surface area contributed by atoms with Crippen molar-refractivity contribution in [2.24, 2.45) is 0 Å². The molecule has 5 nitrogen and oxygen atoms in total. The predicted octanol–water partition coefficient (Wildman–Crippen LogP) is 1.58. The van der Waals surface area contributed by atoms with E-state index in [1.54, 1.807) is 0 Å². The molecule has 2 fully saturated rings. The third-order valence-corrected chi connectivity index (χ3v) is 4.34. The lowest BCUT2D eigenvalue weighted by molar-refractivity contribution is 0.187. The van der Waals surface area contributed by atoms with E-state index in [4.69, 9.17) is 0 Å². The zero-order valence-corrected chi connectivity index (χ0v) is 11.7. The zero-order valence-electron chi connectivity index (χ0n) is 11.7. The molecular weight excluding hydrogens is 238 g/mol. The van der Waals surface area contributed by atoms with Gasteiger partial charge in [-0.3, -0.25) is 4.90 Å². The van der Waals surface area contributed by atoms with Crippen LogP contribution >= 0.6 is 0 Å². The Labute approximate surface area is 115 Å². The molecule has 1 aromatic rings. The minimum Gasteiger partial charge on any atom is -0.357 e. The molecule has 1 N–H and O–H groups in total. The molecule has 0 amide bonds. The molecule has 1 aromatic heterocycles. The first kappa shape index (κ1) is 12.7. The maximum atomic E-state index is 4.52. The number of piperazine rings is 1. The van der Waals surface area contributed by atoms with Gasteiger partial charge in [-0.05, 0) is 18.9 Å². The summed E-state index contributed by atoms with van der Waals surface area (Å²) < 4.78 is 0. The van der Waals surface area contributed by atoms with Crippen LogP contribution in [0.3, 0.4) is 0 Å². The smallest absolute Gasteiger partial charge is 0.224 e. The Hall–Kier alpha value is -1.36. The summed E-state index contributed by atoms with van der Waals surface area (Å²) in [6, 6.07) is 2.85. The van der Waals surface area contributed by atoms with Gasteiger partial charge in [0.15, 0.2) is 0 Å². The predicted molar refractivity (Wildman–Crippen MR) is 77.6 cm³/mol. The molecule has 0 bridgehead atoms. The summed E-state index contributed by atoms with van der Waals surface area (Å²) in [7, 11) is 1.86. The second kappa shape index (κ2) is 5.74. The molecule has 1 saturated heterocycles. The molecule has 0 aromatic carbocycles. The lowest BCUT2D eigenvalue weighted by atomic mass is 10.2. The van der Waals surface area contributed by atoms with Crippen molar-refractivity contribution < 1.29 is 0 Å². The molecule has 1 aliphatic carbocycles. The first-order valence-corrected chi connectivity index (χ1v) is 7.36. The molecule has 0 radical (unpaired) electrons. The molecular formula is C14H23N5. The molecule has 2 aliphatic rings. The standard InChI is InChI=1S/C14H23N5/c1-15-14-16-7-6-13(17-14)19-10-8-18(9-11-19)12-4-2-3-5-12/h6-7,12H,2-5,8-11H2,1H3,(H,15,16,17). The average molecular weight is 261 g/mol. The van der Waals surface area contributed by atoms with Crippen LogP contribution in [-0.2, 0) is 0 Å². The van der Waals surface area contributed by atoms with Crippen LogP contribution in [0.1, 0.15) is 25.7 Å². The van der Waals surface area contributed by atoms with Crippen LogP contribution in [0.15, 0.2) is 12.3 Å². The van der Waals surface area contributed by atoms with Crippen molar-refractivity contribution in [1.29, 1.82) is 0 Å². The summed E-state index contributed by atoms with van der Waals surface area (Å²) in [5.74, 6) is 1.75. The molecule has 1 saturated carbocycles. The van der Waals surface area contributed by atoms with Crippen LogP contribution in [0.25, 0.3) is 0 Å². The number of hydrogen-bond acceptors (Lipinski definition) is 5.